The maximum atomic E-state index is 12.5. The molecule has 0 spiro atoms. The molecule has 1 amide bonds. The first-order valence-electron chi connectivity index (χ1n) is 9.93. The molecule has 0 saturated carbocycles. The Morgan fingerprint density at radius 2 is 1.55 bits per heavy atom. The van der Waals surface area contributed by atoms with Gasteiger partial charge in [0.1, 0.15) is 0 Å². The van der Waals surface area contributed by atoms with Crippen molar-refractivity contribution in [1.29, 1.82) is 0 Å². The van der Waals surface area contributed by atoms with Crippen molar-refractivity contribution in [1.82, 2.24) is 5.32 Å². The first-order valence-corrected chi connectivity index (χ1v) is 11.8. The van der Waals surface area contributed by atoms with Gasteiger partial charge in [0.15, 0.2) is 9.84 Å². The number of carbonyl (C=O) groups excluding carboxylic acids is 1. The van der Waals surface area contributed by atoms with Crippen LogP contribution in [0.4, 0.5) is 5.69 Å². The van der Waals surface area contributed by atoms with Crippen LogP contribution in [0.1, 0.15) is 56.3 Å². The van der Waals surface area contributed by atoms with Gasteiger partial charge in [-0.2, -0.15) is 0 Å². The van der Waals surface area contributed by atoms with Gasteiger partial charge in [-0.05, 0) is 47.6 Å². The molecule has 2 rings (SSSR count). The third-order valence-corrected chi connectivity index (χ3v) is 6.13. The third-order valence-electron chi connectivity index (χ3n) is 5.02. The SMILES string of the molecule is Cc1ccc(S(C)(=O)=O)cc1NC(=O)CN[C@H](c1ccc(C(C)C)cc1)C(C)C. The van der Waals surface area contributed by atoms with E-state index in [1.165, 1.54) is 11.6 Å². The fourth-order valence-electron chi connectivity index (χ4n) is 3.19. The van der Waals surface area contributed by atoms with Gasteiger partial charge in [-0.3, -0.25) is 4.79 Å². The summed E-state index contributed by atoms with van der Waals surface area (Å²) < 4.78 is 23.5. The lowest BCUT2D eigenvalue weighted by Gasteiger charge is -2.23. The molecule has 0 unspecified atom stereocenters. The van der Waals surface area contributed by atoms with E-state index in [-0.39, 0.29) is 23.4 Å². The molecule has 1 atom stereocenters. The molecular weight excluding hydrogens is 384 g/mol. The Labute approximate surface area is 174 Å². The predicted octanol–water partition coefficient (Wildman–Crippen LogP) is 4.45. The van der Waals surface area contributed by atoms with Crippen molar-refractivity contribution in [2.24, 2.45) is 5.92 Å². The summed E-state index contributed by atoms with van der Waals surface area (Å²) in [6.45, 7) is 10.5. The van der Waals surface area contributed by atoms with Crippen LogP contribution in [-0.4, -0.2) is 27.1 Å². The highest BCUT2D eigenvalue weighted by Crippen LogP contribution is 2.24. The van der Waals surface area contributed by atoms with E-state index in [1.54, 1.807) is 12.1 Å². The number of sulfone groups is 1. The number of hydrogen-bond donors (Lipinski definition) is 2. The topological polar surface area (TPSA) is 75.3 Å². The maximum Gasteiger partial charge on any atom is 0.238 e. The van der Waals surface area contributed by atoms with Gasteiger partial charge in [-0.1, -0.05) is 58.0 Å². The van der Waals surface area contributed by atoms with E-state index >= 15 is 0 Å². The molecule has 0 aromatic heterocycles. The molecule has 158 valence electrons. The van der Waals surface area contributed by atoms with Gasteiger partial charge >= 0.3 is 0 Å². The van der Waals surface area contributed by atoms with Crippen molar-refractivity contribution in [2.45, 2.75) is 51.5 Å². The molecule has 0 saturated heterocycles. The minimum absolute atomic E-state index is 0.0467. The summed E-state index contributed by atoms with van der Waals surface area (Å²) in [7, 11) is -3.33. The van der Waals surface area contributed by atoms with E-state index in [9.17, 15) is 13.2 Å². The van der Waals surface area contributed by atoms with Gasteiger partial charge in [0.2, 0.25) is 5.91 Å². The summed E-state index contributed by atoms with van der Waals surface area (Å²) in [6.07, 6.45) is 1.16. The molecule has 6 heteroatoms. The van der Waals surface area contributed by atoms with Crippen LogP contribution < -0.4 is 10.6 Å². The predicted molar refractivity (Wildman–Crippen MR) is 119 cm³/mol. The highest BCUT2D eigenvalue weighted by molar-refractivity contribution is 7.90. The monoisotopic (exact) mass is 416 g/mol. The Balaban J connectivity index is 2.08. The molecule has 29 heavy (non-hydrogen) atoms. The Hall–Kier alpha value is -2.18. The number of amides is 1. The van der Waals surface area contributed by atoms with E-state index < -0.39 is 9.84 Å². The lowest BCUT2D eigenvalue weighted by atomic mass is 9.93. The molecule has 2 N–H and O–H groups in total. The smallest absolute Gasteiger partial charge is 0.238 e. The number of hydrogen-bond acceptors (Lipinski definition) is 4. The Morgan fingerprint density at radius 3 is 2.07 bits per heavy atom. The van der Waals surface area contributed by atoms with E-state index in [2.05, 4.69) is 62.6 Å². The highest BCUT2D eigenvalue weighted by Gasteiger charge is 2.18. The van der Waals surface area contributed by atoms with Crippen LogP contribution in [0.25, 0.3) is 0 Å². The van der Waals surface area contributed by atoms with Crippen LogP contribution in [0.2, 0.25) is 0 Å². The molecule has 0 radical (unpaired) electrons. The number of anilines is 1. The van der Waals surface area contributed by atoms with E-state index in [1.807, 2.05) is 6.92 Å². The van der Waals surface area contributed by atoms with Crippen molar-refractivity contribution in [3.63, 3.8) is 0 Å². The number of aryl methyl sites for hydroxylation is 1. The molecule has 0 fully saturated rings. The van der Waals surface area contributed by atoms with Crippen molar-refractivity contribution in [2.75, 3.05) is 18.1 Å². The van der Waals surface area contributed by atoms with Gasteiger partial charge < -0.3 is 10.6 Å². The highest BCUT2D eigenvalue weighted by atomic mass is 32.2. The summed E-state index contributed by atoms with van der Waals surface area (Å²) in [5, 5.41) is 6.16. The molecule has 2 aromatic rings. The Bertz CT molecular complexity index is 949. The number of rotatable bonds is 8. The molecule has 0 aliphatic rings. The maximum absolute atomic E-state index is 12.5. The first kappa shape index (κ1) is 23.1. The molecule has 0 aliphatic carbocycles. The fraction of sp³-hybridized carbons (Fsp3) is 0.435. The van der Waals surface area contributed by atoms with Crippen molar-refractivity contribution < 1.29 is 13.2 Å². The molecule has 0 heterocycles. The van der Waals surface area contributed by atoms with Crippen LogP contribution in [0.15, 0.2) is 47.4 Å². The first-order chi connectivity index (χ1) is 13.5. The Kier molecular flexibility index (Phi) is 7.60. The molecule has 5 nitrogen and oxygen atoms in total. The van der Waals surface area contributed by atoms with Crippen LogP contribution in [-0.2, 0) is 14.6 Å². The summed E-state index contributed by atoms with van der Waals surface area (Å²) in [5.74, 6) is 0.581. The van der Waals surface area contributed by atoms with Crippen molar-refractivity contribution in [3.8, 4) is 0 Å². The molecular formula is C23H32N2O3S. The summed E-state index contributed by atoms with van der Waals surface area (Å²) in [5.41, 5.74) is 3.76. The van der Waals surface area contributed by atoms with Crippen LogP contribution in [0, 0.1) is 12.8 Å². The second-order valence-electron chi connectivity index (χ2n) is 8.22. The van der Waals surface area contributed by atoms with Gasteiger partial charge in [0.05, 0.1) is 11.4 Å². The van der Waals surface area contributed by atoms with Gasteiger partial charge in [-0.15, -0.1) is 0 Å². The number of carbonyl (C=O) groups is 1. The van der Waals surface area contributed by atoms with E-state index in [0.29, 0.717) is 17.5 Å². The fourth-order valence-corrected chi connectivity index (χ4v) is 3.84. The van der Waals surface area contributed by atoms with Gasteiger partial charge in [-0.25, -0.2) is 8.42 Å². The lowest BCUT2D eigenvalue weighted by Crippen LogP contribution is -2.33. The molecule has 2 aromatic carbocycles. The van der Waals surface area contributed by atoms with Crippen LogP contribution >= 0.6 is 0 Å². The second-order valence-corrected chi connectivity index (χ2v) is 10.2. The molecule has 0 aliphatic heterocycles. The zero-order valence-electron chi connectivity index (χ0n) is 18.1. The normalized spacial score (nSPS) is 13.0. The summed E-state index contributed by atoms with van der Waals surface area (Å²) in [6, 6.07) is 13.3. The Morgan fingerprint density at radius 1 is 0.966 bits per heavy atom. The average Bonchev–Trinajstić information content (AvgIpc) is 2.63. The van der Waals surface area contributed by atoms with Crippen LogP contribution in [0.5, 0.6) is 0 Å². The van der Waals surface area contributed by atoms with Crippen molar-refractivity contribution >= 4 is 21.4 Å². The van der Waals surface area contributed by atoms with Gasteiger partial charge in [0.25, 0.3) is 0 Å². The van der Waals surface area contributed by atoms with E-state index in [4.69, 9.17) is 0 Å². The zero-order valence-corrected chi connectivity index (χ0v) is 18.9. The largest absolute Gasteiger partial charge is 0.325 e. The second kappa shape index (κ2) is 9.55. The van der Waals surface area contributed by atoms with Crippen LogP contribution in [0.3, 0.4) is 0 Å². The number of nitrogens with one attached hydrogen (secondary N) is 2. The standard InChI is InChI=1S/C23H32N2O3S/c1-15(2)18-8-10-19(11-9-18)23(16(3)4)24-14-22(26)25-21-13-20(29(6,27)28)12-7-17(21)5/h7-13,15-16,23-24H,14H2,1-6H3,(H,25,26)/t23-/m0/s1. The lowest BCUT2D eigenvalue weighted by molar-refractivity contribution is -0.115. The molecule has 0 bridgehead atoms. The quantitative estimate of drug-likeness (QED) is 0.667. The average molecular weight is 417 g/mol. The summed E-state index contributed by atoms with van der Waals surface area (Å²) in [4.78, 5) is 12.7. The third kappa shape index (κ3) is 6.41. The minimum Gasteiger partial charge on any atom is -0.325 e. The minimum atomic E-state index is -3.33. The van der Waals surface area contributed by atoms with E-state index in [0.717, 1.165) is 17.4 Å². The van der Waals surface area contributed by atoms with Gasteiger partial charge in [0, 0.05) is 18.0 Å². The summed E-state index contributed by atoms with van der Waals surface area (Å²) >= 11 is 0. The van der Waals surface area contributed by atoms with Crippen molar-refractivity contribution in [3.05, 3.63) is 59.2 Å². The number of benzene rings is 2. The zero-order chi connectivity index (χ0) is 21.8.